The lowest BCUT2D eigenvalue weighted by Crippen LogP contribution is -2.51. The van der Waals surface area contributed by atoms with E-state index in [0.29, 0.717) is 11.4 Å². The maximum Gasteiger partial charge on any atom is 0.354 e. The molecule has 0 unspecified atom stereocenters. The zero-order valence-electron chi connectivity index (χ0n) is 16.3. The number of allylic oxidation sites excluding steroid dienone is 1. The second-order valence-electron chi connectivity index (χ2n) is 7.63. The van der Waals surface area contributed by atoms with Crippen LogP contribution < -0.4 is 9.30 Å². The summed E-state index contributed by atoms with van der Waals surface area (Å²) < 4.78 is 14.6. The number of hydrogen-bond acceptors (Lipinski definition) is 4. The number of benzene rings is 1. The highest BCUT2D eigenvalue weighted by Crippen LogP contribution is 2.49. The highest BCUT2D eigenvalue weighted by atomic mass is 16.5. The first kappa shape index (κ1) is 17.1. The summed E-state index contributed by atoms with van der Waals surface area (Å²) >= 11 is 0. The fourth-order valence-electron chi connectivity index (χ4n) is 5.09. The fraction of sp³-hybridized carbons (Fsp3) is 0.364. The van der Waals surface area contributed by atoms with E-state index < -0.39 is 0 Å². The number of aromatic hydroxyl groups is 1. The Balaban J connectivity index is 2.04. The molecule has 5 rings (SSSR count). The number of ether oxygens (including phenoxy) is 2. The number of methoxy groups -OCH3 is 2. The summed E-state index contributed by atoms with van der Waals surface area (Å²) in [4.78, 5) is 12.8. The molecule has 0 radical (unpaired) electrons. The van der Waals surface area contributed by atoms with E-state index in [0.717, 1.165) is 53.3 Å². The number of pyridine rings is 1. The first-order valence-electron chi connectivity index (χ1n) is 9.64. The van der Waals surface area contributed by atoms with Gasteiger partial charge in [-0.1, -0.05) is 6.92 Å². The molecule has 6 heteroatoms. The number of hydrogen-bond donors (Lipinski definition) is 1. The molecule has 3 aromatic rings. The molecule has 4 heterocycles. The predicted molar refractivity (Wildman–Crippen MR) is 105 cm³/mol. The summed E-state index contributed by atoms with van der Waals surface area (Å²) in [6, 6.07) is 5.72. The van der Waals surface area contributed by atoms with Crippen LogP contribution >= 0.6 is 0 Å². The third kappa shape index (κ3) is 1.97. The minimum Gasteiger partial charge on any atom is -0.502 e. The zero-order valence-corrected chi connectivity index (χ0v) is 16.3. The molecule has 0 aliphatic carbocycles. The van der Waals surface area contributed by atoms with E-state index in [-0.39, 0.29) is 17.1 Å². The van der Waals surface area contributed by atoms with Gasteiger partial charge in [-0.25, -0.2) is 4.79 Å². The Labute approximate surface area is 162 Å². The van der Waals surface area contributed by atoms with Crippen molar-refractivity contribution in [1.29, 1.82) is 0 Å². The van der Waals surface area contributed by atoms with Crippen molar-refractivity contribution < 1.29 is 23.9 Å². The summed E-state index contributed by atoms with van der Waals surface area (Å²) in [6.07, 6.45) is 6.75. The van der Waals surface area contributed by atoms with E-state index >= 15 is 0 Å². The smallest absolute Gasteiger partial charge is 0.354 e. The van der Waals surface area contributed by atoms with Gasteiger partial charge >= 0.3 is 5.97 Å². The molecule has 144 valence electrons. The average molecular weight is 379 g/mol. The van der Waals surface area contributed by atoms with E-state index in [2.05, 4.69) is 17.6 Å². The van der Waals surface area contributed by atoms with Crippen LogP contribution in [0, 0.1) is 0 Å². The summed E-state index contributed by atoms with van der Waals surface area (Å²) in [7, 11) is 3.03. The standard InChI is InChI=1S/C22H22N2O4/c1-4-22-8-5-9-23-12-17(25)18-14-10-13(27-2)6-7-15(14)24(19(18)20(22)23)16(11-22)21(26)28-3/h6-7,10-12H,4-5,8-9H2,1-3H3/p+1/t22-/m0/s1. The minimum absolute atomic E-state index is 0.216. The Bertz CT molecular complexity index is 1190. The summed E-state index contributed by atoms with van der Waals surface area (Å²) in [6.45, 7) is 3.01. The molecule has 1 aromatic carbocycles. The lowest BCUT2D eigenvalue weighted by atomic mass is 9.72. The monoisotopic (exact) mass is 379 g/mol. The number of carbonyl (C=O) groups is 1. The van der Waals surface area contributed by atoms with Gasteiger partial charge in [0.05, 0.1) is 30.5 Å². The van der Waals surface area contributed by atoms with Crippen LogP contribution in [0.1, 0.15) is 31.9 Å². The van der Waals surface area contributed by atoms with Crippen molar-refractivity contribution in [3.8, 4) is 11.5 Å². The SMILES string of the molecule is CC[C@]12C=C(C(=O)OC)n3c4ccc(OC)cc4c4c(O)c[n+](c1c43)CCC2. The molecule has 2 aliphatic heterocycles. The lowest BCUT2D eigenvalue weighted by molar-refractivity contribution is -0.712. The molecule has 1 atom stereocenters. The van der Waals surface area contributed by atoms with Crippen LogP contribution in [-0.4, -0.2) is 29.9 Å². The van der Waals surface area contributed by atoms with Crippen LogP contribution in [-0.2, 0) is 21.5 Å². The molecule has 28 heavy (non-hydrogen) atoms. The number of aryl methyl sites for hydroxylation is 1. The normalized spacial score (nSPS) is 20.3. The summed E-state index contributed by atoms with van der Waals surface area (Å²) in [5, 5.41) is 12.6. The molecule has 0 fully saturated rings. The van der Waals surface area contributed by atoms with E-state index in [4.69, 9.17) is 9.47 Å². The number of aromatic nitrogens is 2. The quantitative estimate of drug-likeness (QED) is 0.560. The van der Waals surface area contributed by atoms with Crippen LogP contribution in [0.15, 0.2) is 30.5 Å². The third-order valence-corrected chi connectivity index (χ3v) is 6.39. The number of rotatable bonds is 3. The molecule has 2 aromatic heterocycles. The van der Waals surface area contributed by atoms with E-state index in [1.54, 1.807) is 7.11 Å². The number of esters is 1. The van der Waals surface area contributed by atoms with Gasteiger partial charge in [-0.2, -0.15) is 4.57 Å². The van der Waals surface area contributed by atoms with Gasteiger partial charge < -0.3 is 14.6 Å². The molecule has 2 aliphatic rings. The van der Waals surface area contributed by atoms with Crippen molar-refractivity contribution in [3.63, 3.8) is 0 Å². The average Bonchev–Trinajstić information content (AvgIpc) is 3.07. The second-order valence-corrected chi connectivity index (χ2v) is 7.63. The van der Waals surface area contributed by atoms with Gasteiger partial charge in [0.25, 0.3) is 0 Å². The molecule has 0 saturated carbocycles. The van der Waals surface area contributed by atoms with Crippen molar-refractivity contribution in [2.24, 2.45) is 0 Å². The Morgan fingerprint density at radius 1 is 1.36 bits per heavy atom. The predicted octanol–water partition coefficient (Wildman–Crippen LogP) is 3.27. The molecule has 0 saturated heterocycles. The second kappa shape index (κ2) is 5.74. The van der Waals surface area contributed by atoms with E-state index in [1.165, 1.54) is 7.11 Å². The van der Waals surface area contributed by atoms with Gasteiger partial charge in [0.1, 0.15) is 23.5 Å². The van der Waals surface area contributed by atoms with Gasteiger partial charge in [-0.05, 0) is 37.1 Å². The maximum absolute atomic E-state index is 12.8. The summed E-state index contributed by atoms with van der Waals surface area (Å²) in [5.74, 6) is 0.559. The molecular weight excluding hydrogens is 356 g/mol. The number of nitrogens with zero attached hydrogens (tertiary/aromatic N) is 2. The molecule has 1 N–H and O–H groups in total. The van der Waals surface area contributed by atoms with Gasteiger partial charge in [-0.3, -0.25) is 4.57 Å². The highest BCUT2D eigenvalue weighted by Gasteiger charge is 2.47. The number of fused-ring (bicyclic) bond motifs is 3. The topological polar surface area (TPSA) is 64.6 Å². The molecule has 0 spiro atoms. The minimum atomic E-state index is -0.367. The van der Waals surface area contributed by atoms with E-state index in [1.807, 2.05) is 29.0 Å². The zero-order chi connectivity index (χ0) is 19.6. The van der Waals surface area contributed by atoms with Crippen molar-refractivity contribution in [1.82, 2.24) is 4.57 Å². The Hall–Kier alpha value is -3.02. The molecule has 0 amide bonds. The maximum atomic E-state index is 12.8. The number of carbonyl (C=O) groups excluding carboxylic acids is 1. The molecular formula is C22H23N2O4+. The Morgan fingerprint density at radius 2 is 2.18 bits per heavy atom. The highest BCUT2D eigenvalue weighted by molar-refractivity contribution is 6.21. The van der Waals surface area contributed by atoms with Crippen molar-refractivity contribution in [3.05, 3.63) is 36.2 Å². The first-order chi connectivity index (χ1) is 13.5. The van der Waals surface area contributed by atoms with Crippen LogP contribution in [0.2, 0.25) is 0 Å². The first-order valence-corrected chi connectivity index (χ1v) is 9.64. The van der Waals surface area contributed by atoms with Gasteiger partial charge in [-0.15, -0.1) is 0 Å². The van der Waals surface area contributed by atoms with Gasteiger partial charge in [0.15, 0.2) is 5.75 Å². The van der Waals surface area contributed by atoms with Crippen LogP contribution in [0.25, 0.3) is 27.5 Å². The molecule has 6 nitrogen and oxygen atoms in total. The van der Waals surface area contributed by atoms with Crippen molar-refractivity contribution in [2.75, 3.05) is 14.2 Å². The Morgan fingerprint density at radius 3 is 2.89 bits per heavy atom. The third-order valence-electron chi connectivity index (χ3n) is 6.39. The van der Waals surface area contributed by atoms with Gasteiger partial charge in [0, 0.05) is 11.8 Å². The van der Waals surface area contributed by atoms with Crippen LogP contribution in [0.5, 0.6) is 11.5 Å². The van der Waals surface area contributed by atoms with E-state index in [9.17, 15) is 9.90 Å². The van der Waals surface area contributed by atoms with Crippen molar-refractivity contribution in [2.45, 2.75) is 38.1 Å². The Kier molecular flexibility index (Phi) is 3.50. The van der Waals surface area contributed by atoms with Crippen LogP contribution in [0.3, 0.4) is 0 Å². The van der Waals surface area contributed by atoms with Crippen molar-refractivity contribution >= 4 is 33.5 Å². The largest absolute Gasteiger partial charge is 0.502 e. The summed E-state index contributed by atoms with van der Waals surface area (Å²) in [5.41, 5.74) is 3.18. The lowest BCUT2D eigenvalue weighted by Gasteiger charge is -2.35. The van der Waals surface area contributed by atoms with Crippen LogP contribution in [0.4, 0.5) is 0 Å². The van der Waals surface area contributed by atoms with Gasteiger partial charge in [0.2, 0.25) is 11.9 Å². The fourth-order valence-corrected chi connectivity index (χ4v) is 5.09. The molecule has 0 bridgehead atoms.